The predicted octanol–water partition coefficient (Wildman–Crippen LogP) is 1.88. The molecular formula is C14H28N2O. The van der Waals surface area contributed by atoms with Crippen molar-refractivity contribution in [2.24, 2.45) is 5.92 Å². The van der Waals surface area contributed by atoms with Gasteiger partial charge in [-0.3, -0.25) is 4.90 Å². The highest BCUT2D eigenvalue weighted by molar-refractivity contribution is 4.86. The van der Waals surface area contributed by atoms with Crippen LogP contribution in [0.5, 0.6) is 0 Å². The molecule has 0 atom stereocenters. The summed E-state index contributed by atoms with van der Waals surface area (Å²) in [5.41, 5.74) is 0. The molecule has 1 aliphatic heterocycles. The molecule has 100 valence electrons. The largest absolute Gasteiger partial charge is 0.377 e. The molecule has 0 amide bonds. The van der Waals surface area contributed by atoms with E-state index in [4.69, 9.17) is 4.74 Å². The Morgan fingerprint density at radius 3 is 2.47 bits per heavy atom. The molecule has 17 heavy (non-hydrogen) atoms. The van der Waals surface area contributed by atoms with Crippen LogP contribution in [0.2, 0.25) is 0 Å². The Morgan fingerprint density at radius 1 is 1.18 bits per heavy atom. The Morgan fingerprint density at radius 2 is 1.88 bits per heavy atom. The molecule has 0 bridgehead atoms. The van der Waals surface area contributed by atoms with Crippen LogP contribution in [-0.4, -0.2) is 49.8 Å². The number of nitrogens with zero attached hydrogens (tertiary/aromatic N) is 1. The summed E-state index contributed by atoms with van der Waals surface area (Å²) in [5.74, 6) is 0.913. The second-order valence-electron chi connectivity index (χ2n) is 5.84. The van der Waals surface area contributed by atoms with Crippen LogP contribution in [0.4, 0.5) is 0 Å². The summed E-state index contributed by atoms with van der Waals surface area (Å²) in [4.78, 5) is 2.68. The maximum Gasteiger partial charge on any atom is 0.0597 e. The number of hydrogen-bond donors (Lipinski definition) is 1. The second-order valence-corrected chi connectivity index (χ2v) is 5.84. The van der Waals surface area contributed by atoms with Gasteiger partial charge in [-0.05, 0) is 58.5 Å². The molecule has 0 aromatic rings. The number of hydrogen-bond acceptors (Lipinski definition) is 3. The molecule has 1 aliphatic carbocycles. The van der Waals surface area contributed by atoms with Crippen LogP contribution in [-0.2, 0) is 4.74 Å². The highest BCUT2D eigenvalue weighted by atomic mass is 16.5. The van der Waals surface area contributed by atoms with Crippen LogP contribution >= 0.6 is 0 Å². The van der Waals surface area contributed by atoms with Gasteiger partial charge in [0.2, 0.25) is 0 Å². The molecule has 2 rings (SSSR count). The van der Waals surface area contributed by atoms with Gasteiger partial charge in [-0.1, -0.05) is 0 Å². The summed E-state index contributed by atoms with van der Waals surface area (Å²) in [6.45, 7) is 10.00. The zero-order valence-electron chi connectivity index (χ0n) is 11.5. The van der Waals surface area contributed by atoms with Crippen molar-refractivity contribution >= 4 is 0 Å². The Hall–Kier alpha value is -0.120. The van der Waals surface area contributed by atoms with Crippen LogP contribution in [0, 0.1) is 5.92 Å². The van der Waals surface area contributed by atoms with E-state index in [1.807, 2.05) is 0 Å². The van der Waals surface area contributed by atoms with Crippen molar-refractivity contribution in [3.63, 3.8) is 0 Å². The molecule has 1 N–H and O–H groups in total. The Kier molecular flexibility index (Phi) is 5.26. The van der Waals surface area contributed by atoms with Crippen molar-refractivity contribution < 1.29 is 4.74 Å². The lowest BCUT2D eigenvalue weighted by Crippen LogP contribution is -2.39. The third kappa shape index (κ3) is 4.94. The van der Waals surface area contributed by atoms with Gasteiger partial charge in [0.25, 0.3) is 0 Å². The quantitative estimate of drug-likeness (QED) is 0.735. The maximum absolute atomic E-state index is 5.69. The van der Waals surface area contributed by atoms with Gasteiger partial charge in [0, 0.05) is 19.1 Å². The Bertz CT molecular complexity index is 210. The molecule has 0 aromatic carbocycles. The molecule has 0 spiro atoms. The van der Waals surface area contributed by atoms with E-state index < -0.39 is 0 Å². The van der Waals surface area contributed by atoms with Crippen LogP contribution in [0.1, 0.15) is 39.5 Å². The average Bonchev–Trinajstić information content (AvgIpc) is 3.12. The fraction of sp³-hybridized carbons (Fsp3) is 1.00. The first-order valence-corrected chi connectivity index (χ1v) is 7.32. The minimum absolute atomic E-state index is 0.370. The zero-order chi connectivity index (χ0) is 12.1. The van der Waals surface area contributed by atoms with E-state index in [2.05, 4.69) is 24.1 Å². The van der Waals surface area contributed by atoms with Gasteiger partial charge in [-0.2, -0.15) is 0 Å². The third-order valence-electron chi connectivity index (χ3n) is 3.84. The van der Waals surface area contributed by atoms with Crippen molar-refractivity contribution in [2.75, 3.05) is 32.8 Å². The van der Waals surface area contributed by atoms with Gasteiger partial charge < -0.3 is 10.1 Å². The van der Waals surface area contributed by atoms with Crippen LogP contribution < -0.4 is 5.32 Å². The average molecular weight is 240 g/mol. The number of rotatable bonds is 7. The first kappa shape index (κ1) is 13.3. The van der Waals surface area contributed by atoms with E-state index in [-0.39, 0.29) is 0 Å². The van der Waals surface area contributed by atoms with Crippen LogP contribution in [0.3, 0.4) is 0 Å². The summed E-state index contributed by atoms with van der Waals surface area (Å²) >= 11 is 0. The first-order valence-electron chi connectivity index (χ1n) is 7.32. The summed E-state index contributed by atoms with van der Waals surface area (Å²) in [6.07, 6.45) is 5.90. The first-order chi connectivity index (χ1) is 8.25. The Balaban J connectivity index is 1.68. The molecule has 1 saturated heterocycles. The molecule has 0 radical (unpaired) electrons. The minimum Gasteiger partial charge on any atom is -0.377 e. The molecule has 2 aliphatic rings. The molecule has 0 unspecified atom stereocenters. The lowest BCUT2D eigenvalue weighted by molar-refractivity contribution is 0.0522. The molecule has 1 heterocycles. The van der Waals surface area contributed by atoms with Crippen molar-refractivity contribution in [1.29, 1.82) is 0 Å². The molecule has 0 aromatic heterocycles. The highest BCUT2D eigenvalue weighted by Gasteiger charge is 2.30. The Labute approximate surface area is 106 Å². The standard InChI is InChI=1S/C14H28N2O/c1-12(2)17-10-9-16(14-3-4-14)11-13-5-7-15-8-6-13/h12-15H,3-11H2,1-2H3. The number of ether oxygens (including phenoxy) is 1. The van der Waals surface area contributed by atoms with E-state index in [0.29, 0.717) is 6.10 Å². The summed E-state index contributed by atoms with van der Waals surface area (Å²) in [6, 6.07) is 0.876. The summed E-state index contributed by atoms with van der Waals surface area (Å²) in [5, 5.41) is 3.45. The van der Waals surface area contributed by atoms with Gasteiger partial charge in [0.15, 0.2) is 0 Å². The van der Waals surface area contributed by atoms with Gasteiger partial charge in [-0.25, -0.2) is 0 Å². The fourth-order valence-electron chi connectivity index (χ4n) is 2.66. The van der Waals surface area contributed by atoms with E-state index in [9.17, 15) is 0 Å². The topological polar surface area (TPSA) is 24.5 Å². The van der Waals surface area contributed by atoms with Crippen LogP contribution in [0.25, 0.3) is 0 Å². The normalized spacial score (nSPS) is 22.6. The fourth-order valence-corrected chi connectivity index (χ4v) is 2.66. The van der Waals surface area contributed by atoms with Gasteiger partial charge in [0.05, 0.1) is 12.7 Å². The van der Waals surface area contributed by atoms with Crippen molar-refractivity contribution in [3.8, 4) is 0 Å². The minimum atomic E-state index is 0.370. The summed E-state index contributed by atoms with van der Waals surface area (Å²) < 4.78 is 5.69. The SMILES string of the molecule is CC(C)OCCN(CC1CCNCC1)C1CC1. The van der Waals surface area contributed by atoms with Crippen molar-refractivity contribution in [1.82, 2.24) is 10.2 Å². The molecule has 1 saturated carbocycles. The van der Waals surface area contributed by atoms with Gasteiger partial charge in [-0.15, -0.1) is 0 Å². The predicted molar refractivity (Wildman–Crippen MR) is 71.3 cm³/mol. The van der Waals surface area contributed by atoms with E-state index in [1.165, 1.54) is 45.3 Å². The lowest BCUT2D eigenvalue weighted by Gasteiger charge is -2.30. The second kappa shape index (κ2) is 6.72. The number of piperidine rings is 1. The van der Waals surface area contributed by atoms with E-state index in [1.54, 1.807) is 0 Å². The monoisotopic (exact) mass is 240 g/mol. The molecule has 3 nitrogen and oxygen atoms in total. The van der Waals surface area contributed by atoms with Crippen LogP contribution in [0.15, 0.2) is 0 Å². The zero-order valence-corrected chi connectivity index (χ0v) is 11.5. The number of nitrogens with one attached hydrogen (secondary N) is 1. The van der Waals surface area contributed by atoms with E-state index in [0.717, 1.165) is 25.1 Å². The van der Waals surface area contributed by atoms with Gasteiger partial charge >= 0.3 is 0 Å². The van der Waals surface area contributed by atoms with Crippen molar-refractivity contribution in [2.45, 2.75) is 51.7 Å². The molecule has 2 fully saturated rings. The van der Waals surface area contributed by atoms with E-state index >= 15 is 0 Å². The highest BCUT2D eigenvalue weighted by Crippen LogP contribution is 2.28. The van der Waals surface area contributed by atoms with Gasteiger partial charge in [0.1, 0.15) is 0 Å². The maximum atomic E-state index is 5.69. The lowest BCUT2D eigenvalue weighted by atomic mass is 9.97. The molecular weight excluding hydrogens is 212 g/mol. The third-order valence-corrected chi connectivity index (χ3v) is 3.84. The molecule has 3 heteroatoms. The smallest absolute Gasteiger partial charge is 0.0597 e. The van der Waals surface area contributed by atoms with Crippen molar-refractivity contribution in [3.05, 3.63) is 0 Å². The summed E-state index contributed by atoms with van der Waals surface area (Å²) in [7, 11) is 0.